The van der Waals surface area contributed by atoms with Gasteiger partial charge in [0.05, 0.1) is 67.9 Å². The van der Waals surface area contributed by atoms with E-state index in [0.29, 0.717) is 51.2 Å². The first-order valence-corrected chi connectivity index (χ1v) is 22.6. The molecule has 0 saturated carbocycles. The van der Waals surface area contributed by atoms with Crippen LogP contribution in [0.1, 0.15) is 59.2 Å². The van der Waals surface area contributed by atoms with Crippen molar-refractivity contribution in [1.29, 1.82) is 0 Å². The lowest BCUT2D eigenvalue weighted by Gasteiger charge is -2.47. The molecule has 3 fully saturated rings. The third kappa shape index (κ3) is 8.49. The van der Waals surface area contributed by atoms with Gasteiger partial charge in [-0.3, -0.25) is 9.59 Å². The fourth-order valence-corrected chi connectivity index (χ4v) is 10.5. The van der Waals surface area contributed by atoms with Gasteiger partial charge in [-0.2, -0.15) is 0 Å². The van der Waals surface area contributed by atoms with Crippen molar-refractivity contribution in [1.82, 2.24) is 5.32 Å². The zero-order valence-corrected chi connectivity index (χ0v) is 39.5. The van der Waals surface area contributed by atoms with E-state index in [1.54, 1.807) is 64.7 Å². The minimum Gasteiger partial charge on any atom is -0.502 e. The van der Waals surface area contributed by atoms with Crippen molar-refractivity contribution >= 4 is 5.97 Å². The standard InChI is InChI=1S/C29H32O13.C21H25NO5/c1-11-36-9-20-27(40-11)24(31)25(32)29(41-20)42-26-14-7-17-16(38-10-39-17)6-13(14)21(22-15(26)8-37-28(22)33)12-4-18(34-2)23(30)19(5-12)35-3;1-22-15-8-6-12-10-18(25-3)20(26-4)21(27-5)19(12)13-7-9-17(24-2)16(23)11-14(13)15/h4-7,11,15,20-22,24-27,29-32H,8-10H2,1-3H3;7,9-11,15,22H,6,8H2,1-5H3/t11-,15?,20-,21-,22+,24-,25-,26?,27-,29+;/m1./s1. The quantitative estimate of drug-likeness (QED) is 0.163. The van der Waals surface area contributed by atoms with E-state index in [4.69, 9.17) is 61.6 Å². The van der Waals surface area contributed by atoms with Gasteiger partial charge >= 0.3 is 5.97 Å². The molecule has 6 aliphatic rings. The number of aliphatic hydroxyl groups excluding tert-OH is 2. The van der Waals surface area contributed by atoms with Crippen molar-refractivity contribution in [2.45, 2.75) is 74.8 Å². The number of rotatable bonds is 10. The number of phenolic OH excluding ortho intramolecular Hbond substituents is 1. The molecule has 3 unspecified atom stereocenters. The number of ether oxygens (including phenoxy) is 13. The molecule has 0 bridgehead atoms. The maximum atomic E-state index is 13.4. The van der Waals surface area contributed by atoms with Crippen LogP contribution in [0.2, 0.25) is 0 Å². The lowest BCUT2D eigenvalue weighted by Crippen LogP contribution is -2.63. The maximum Gasteiger partial charge on any atom is 0.310 e. The van der Waals surface area contributed by atoms with Crippen molar-refractivity contribution in [3.8, 4) is 62.9 Å². The van der Waals surface area contributed by atoms with Crippen LogP contribution in [0, 0.1) is 11.8 Å². The summed E-state index contributed by atoms with van der Waals surface area (Å²) in [5.74, 6) is 1.04. The van der Waals surface area contributed by atoms with E-state index in [0.717, 1.165) is 35.1 Å². The van der Waals surface area contributed by atoms with Gasteiger partial charge in [0.1, 0.15) is 24.4 Å². The summed E-state index contributed by atoms with van der Waals surface area (Å²) >= 11 is 0. The maximum absolute atomic E-state index is 13.4. The predicted molar refractivity (Wildman–Crippen MR) is 243 cm³/mol. The topological polar surface area (TPSA) is 227 Å². The second kappa shape index (κ2) is 19.7. The van der Waals surface area contributed by atoms with E-state index in [1.807, 2.05) is 19.2 Å². The average molecular weight is 960 g/mol. The zero-order chi connectivity index (χ0) is 48.8. The number of cyclic esters (lactones) is 1. The first-order chi connectivity index (χ1) is 33.4. The zero-order valence-electron chi connectivity index (χ0n) is 39.5. The molecule has 11 atom stereocenters. The molecule has 0 spiro atoms. The molecule has 370 valence electrons. The number of carbonyl (C=O) groups excluding carboxylic acids is 1. The summed E-state index contributed by atoms with van der Waals surface area (Å²) in [4.78, 5) is 25.9. The van der Waals surface area contributed by atoms with Gasteiger partial charge in [0.2, 0.25) is 23.7 Å². The minimum absolute atomic E-state index is 0.0268. The number of benzene rings is 3. The predicted octanol–water partition coefficient (Wildman–Crippen LogP) is 4.29. The Kier molecular flexibility index (Phi) is 13.7. The Balaban J connectivity index is 0.000000190. The number of nitrogens with one attached hydrogen (secondary N) is 1. The summed E-state index contributed by atoms with van der Waals surface area (Å²) in [5, 5.41) is 35.8. The van der Waals surface area contributed by atoms with Gasteiger partial charge in [-0.05, 0) is 103 Å². The van der Waals surface area contributed by atoms with Crippen molar-refractivity contribution in [3.63, 3.8) is 0 Å². The molecular formula is C50H57NO18. The summed E-state index contributed by atoms with van der Waals surface area (Å²) in [6.07, 6.45) is -5.16. The fraction of sp³-hybridized carbons (Fsp3) is 0.480. The second-order valence-corrected chi connectivity index (χ2v) is 17.3. The van der Waals surface area contributed by atoms with E-state index >= 15 is 0 Å². The van der Waals surface area contributed by atoms with Crippen molar-refractivity contribution in [3.05, 3.63) is 86.6 Å². The number of aryl methyl sites for hydroxylation is 1. The molecule has 4 aromatic rings. The highest BCUT2D eigenvalue weighted by atomic mass is 16.8. The first kappa shape index (κ1) is 48.0. The van der Waals surface area contributed by atoms with Gasteiger partial charge < -0.3 is 82.2 Å². The van der Waals surface area contributed by atoms with Crippen LogP contribution in [0.15, 0.2) is 53.3 Å². The molecule has 4 heterocycles. The van der Waals surface area contributed by atoms with Gasteiger partial charge in [0.15, 0.2) is 52.8 Å². The lowest BCUT2D eigenvalue weighted by atomic mass is 9.66. The Bertz CT molecular complexity index is 2620. The molecule has 2 aliphatic carbocycles. The van der Waals surface area contributed by atoms with E-state index in [-0.39, 0.29) is 48.7 Å². The number of fused-ring (bicyclic) bond motifs is 7. The third-order valence-corrected chi connectivity index (χ3v) is 13.8. The van der Waals surface area contributed by atoms with Crippen LogP contribution in [0.25, 0.3) is 11.1 Å². The number of methoxy groups -OCH3 is 6. The van der Waals surface area contributed by atoms with Crippen molar-refractivity contribution in [2.24, 2.45) is 11.8 Å². The molecule has 69 heavy (non-hydrogen) atoms. The second-order valence-electron chi connectivity index (χ2n) is 17.3. The highest BCUT2D eigenvalue weighted by molar-refractivity contribution is 5.83. The highest BCUT2D eigenvalue weighted by Crippen LogP contribution is 2.57. The molecule has 4 aliphatic heterocycles. The van der Waals surface area contributed by atoms with Gasteiger partial charge in [0.25, 0.3) is 0 Å². The number of phenols is 1. The normalized spacial score (nSPS) is 28.1. The molecule has 4 aromatic carbocycles. The fourth-order valence-electron chi connectivity index (χ4n) is 10.5. The Morgan fingerprint density at radius 2 is 1.39 bits per heavy atom. The van der Waals surface area contributed by atoms with Crippen molar-refractivity contribution < 1.29 is 81.7 Å². The number of carbonyl (C=O) groups is 1. The molecule has 0 amide bonds. The van der Waals surface area contributed by atoms with Crippen LogP contribution < -0.4 is 48.6 Å². The molecule has 19 nitrogen and oxygen atoms in total. The van der Waals surface area contributed by atoms with Gasteiger partial charge in [-0.1, -0.05) is 6.07 Å². The van der Waals surface area contributed by atoms with E-state index in [9.17, 15) is 24.9 Å². The van der Waals surface area contributed by atoms with E-state index in [1.165, 1.54) is 21.3 Å². The summed E-state index contributed by atoms with van der Waals surface area (Å²) < 4.78 is 73.6. The Morgan fingerprint density at radius 1 is 0.710 bits per heavy atom. The molecular weight excluding hydrogens is 903 g/mol. The number of hydrogen-bond acceptors (Lipinski definition) is 19. The Morgan fingerprint density at radius 3 is 2.04 bits per heavy atom. The van der Waals surface area contributed by atoms with Gasteiger partial charge in [-0.25, -0.2) is 0 Å². The Hall–Kier alpha value is -6.06. The van der Waals surface area contributed by atoms with Crippen LogP contribution in [0.4, 0.5) is 0 Å². The van der Waals surface area contributed by atoms with Crippen molar-refractivity contribution in [2.75, 3.05) is 69.7 Å². The highest BCUT2D eigenvalue weighted by Gasteiger charge is 2.56. The number of aromatic hydroxyl groups is 1. The third-order valence-electron chi connectivity index (χ3n) is 13.8. The minimum atomic E-state index is -1.44. The van der Waals surface area contributed by atoms with Crippen LogP contribution >= 0.6 is 0 Å². The van der Waals surface area contributed by atoms with E-state index in [2.05, 4.69) is 5.32 Å². The van der Waals surface area contributed by atoms with Crippen LogP contribution in [0.3, 0.4) is 0 Å². The van der Waals surface area contributed by atoms with Crippen LogP contribution in [-0.4, -0.2) is 128 Å². The molecule has 4 N–H and O–H groups in total. The molecule has 10 rings (SSSR count). The number of esters is 1. The number of hydrogen-bond donors (Lipinski definition) is 4. The van der Waals surface area contributed by atoms with Gasteiger partial charge in [-0.15, -0.1) is 0 Å². The number of aliphatic hydroxyl groups is 2. The molecule has 3 saturated heterocycles. The molecule has 0 radical (unpaired) electrons. The van der Waals surface area contributed by atoms with Crippen LogP contribution in [-0.2, 0) is 34.9 Å². The monoisotopic (exact) mass is 959 g/mol. The smallest absolute Gasteiger partial charge is 0.310 e. The lowest BCUT2D eigenvalue weighted by molar-refractivity contribution is -0.364. The summed E-state index contributed by atoms with van der Waals surface area (Å²) in [6, 6.07) is 14.2. The Labute approximate surface area is 397 Å². The van der Waals surface area contributed by atoms with Crippen LogP contribution in [0.5, 0.6) is 51.7 Å². The molecule has 19 heteroatoms. The van der Waals surface area contributed by atoms with Gasteiger partial charge in [0, 0.05) is 23.4 Å². The summed E-state index contributed by atoms with van der Waals surface area (Å²) in [6.45, 7) is 1.93. The van der Waals surface area contributed by atoms with E-state index < -0.39 is 66.8 Å². The SMILES string of the molecule is CNC1CCc2cc(OC)c(OC)c(OC)c2-c2ccc(OC)c(=O)cc21.COc1cc([C@@H]2c3cc4c(cc3C(O[C@@H]3O[C@@H]5CO[C@@H](C)O[C@H]5[C@H](O)[C@H]3O)C3COC(=O)[C@@H]32)OCO4)cc(OC)c1O. The largest absolute Gasteiger partial charge is 0.502 e. The average Bonchev–Trinajstić information content (AvgIpc) is 3.90. The summed E-state index contributed by atoms with van der Waals surface area (Å²) in [7, 11) is 11.1. The summed E-state index contributed by atoms with van der Waals surface area (Å²) in [5.41, 5.74) is 5.69. The molecule has 0 aromatic heterocycles. The first-order valence-electron chi connectivity index (χ1n) is 22.6.